The van der Waals surface area contributed by atoms with E-state index >= 15 is 0 Å². The maximum absolute atomic E-state index is 12.0. The van der Waals surface area contributed by atoms with E-state index in [9.17, 15) is 4.79 Å². The van der Waals surface area contributed by atoms with Crippen LogP contribution in [-0.4, -0.2) is 34.3 Å². The molecule has 138 valence electrons. The molecule has 1 N–H and O–H groups in total. The van der Waals surface area contributed by atoms with Crippen LogP contribution in [0.5, 0.6) is 0 Å². The SMILES string of the molecule is CCC1=CC(c2noc(C3=NCC4=C3CCC(C)(C)C4)n2)C(C)NC1=O. The van der Waals surface area contributed by atoms with Crippen molar-refractivity contribution in [3.05, 3.63) is 34.5 Å². The Morgan fingerprint density at radius 1 is 1.38 bits per heavy atom. The van der Waals surface area contributed by atoms with Crippen LogP contribution in [0.15, 0.2) is 32.3 Å². The van der Waals surface area contributed by atoms with Crippen LogP contribution in [0.25, 0.3) is 0 Å². The van der Waals surface area contributed by atoms with Crippen molar-refractivity contribution < 1.29 is 9.32 Å². The summed E-state index contributed by atoms with van der Waals surface area (Å²) in [6, 6.07) is -0.0565. The second kappa shape index (κ2) is 6.18. The first-order valence-corrected chi connectivity index (χ1v) is 9.49. The van der Waals surface area contributed by atoms with Crippen molar-refractivity contribution in [1.29, 1.82) is 0 Å². The Morgan fingerprint density at radius 3 is 2.96 bits per heavy atom. The zero-order chi connectivity index (χ0) is 18.5. The van der Waals surface area contributed by atoms with E-state index in [2.05, 4.69) is 29.3 Å². The molecule has 0 saturated heterocycles. The quantitative estimate of drug-likeness (QED) is 0.903. The van der Waals surface area contributed by atoms with E-state index in [0.717, 1.165) is 37.1 Å². The highest BCUT2D eigenvalue weighted by Crippen LogP contribution is 2.42. The third-order valence-corrected chi connectivity index (χ3v) is 5.78. The van der Waals surface area contributed by atoms with Gasteiger partial charge in [0.1, 0.15) is 5.71 Å². The standard InChI is InChI=1S/C20H26N4O2/c1-5-12-8-15(11(2)22-18(12)25)17-23-19(26-24-17)16-14-6-7-20(3,4)9-13(14)10-21-16/h8,11,15H,5-7,9-10H2,1-4H3,(H,22,25). The second-order valence-electron chi connectivity index (χ2n) is 8.38. The van der Waals surface area contributed by atoms with Crippen molar-refractivity contribution in [2.24, 2.45) is 10.4 Å². The number of allylic oxidation sites excluding steroid dienone is 1. The van der Waals surface area contributed by atoms with Gasteiger partial charge < -0.3 is 9.84 Å². The third-order valence-electron chi connectivity index (χ3n) is 5.78. The summed E-state index contributed by atoms with van der Waals surface area (Å²) >= 11 is 0. The number of amides is 1. The topological polar surface area (TPSA) is 80.4 Å². The minimum atomic E-state index is -0.0686. The van der Waals surface area contributed by atoms with Gasteiger partial charge in [0.2, 0.25) is 5.91 Å². The number of hydrogen-bond acceptors (Lipinski definition) is 5. The van der Waals surface area contributed by atoms with Crippen LogP contribution in [0.3, 0.4) is 0 Å². The molecule has 0 fully saturated rings. The Labute approximate surface area is 153 Å². The van der Waals surface area contributed by atoms with Gasteiger partial charge in [-0.25, -0.2) is 0 Å². The first-order valence-electron chi connectivity index (χ1n) is 9.49. The number of aliphatic imine (C=N–C) groups is 1. The first kappa shape index (κ1) is 17.2. The molecular weight excluding hydrogens is 328 g/mol. The highest BCUT2D eigenvalue weighted by molar-refractivity contribution is 6.11. The Balaban J connectivity index is 1.61. The van der Waals surface area contributed by atoms with E-state index in [1.165, 1.54) is 11.1 Å². The summed E-state index contributed by atoms with van der Waals surface area (Å²) in [6.07, 6.45) is 5.93. The van der Waals surface area contributed by atoms with Crippen molar-refractivity contribution in [2.75, 3.05) is 6.54 Å². The maximum Gasteiger partial charge on any atom is 0.276 e. The third kappa shape index (κ3) is 2.91. The Hall–Kier alpha value is -2.24. The zero-order valence-corrected chi connectivity index (χ0v) is 15.9. The van der Waals surface area contributed by atoms with Crippen molar-refractivity contribution in [3.8, 4) is 0 Å². The van der Waals surface area contributed by atoms with Gasteiger partial charge in [-0.15, -0.1) is 0 Å². The zero-order valence-electron chi connectivity index (χ0n) is 15.9. The predicted molar refractivity (Wildman–Crippen MR) is 99.1 cm³/mol. The highest BCUT2D eigenvalue weighted by atomic mass is 16.5. The number of carbonyl (C=O) groups excluding carboxylic acids is 1. The van der Waals surface area contributed by atoms with Crippen LogP contribution in [0, 0.1) is 5.41 Å². The fourth-order valence-corrected chi connectivity index (χ4v) is 4.19. The molecule has 0 bridgehead atoms. The van der Waals surface area contributed by atoms with E-state index in [4.69, 9.17) is 9.52 Å². The molecule has 26 heavy (non-hydrogen) atoms. The lowest BCUT2D eigenvalue weighted by atomic mass is 9.74. The van der Waals surface area contributed by atoms with Crippen LogP contribution in [0.1, 0.15) is 71.0 Å². The summed E-state index contributed by atoms with van der Waals surface area (Å²) in [5.41, 5.74) is 4.72. The number of carbonyl (C=O) groups is 1. The summed E-state index contributed by atoms with van der Waals surface area (Å²) in [5, 5.41) is 7.20. The van der Waals surface area contributed by atoms with Gasteiger partial charge in [0.15, 0.2) is 5.82 Å². The van der Waals surface area contributed by atoms with E-state index < -0.39 is 0 Å². The molecule has 1 aromatic heterocycles. The molecule has 2 atom stereocenters. The van der Waals surface area contributed by atoms with Crippen LogP contribution < -0.4 is 5.32 Å². The van der Waals surface area contributed by atoms with Crippen molar-refractivity contribution >= 4 is 11.6 Å². The molecule has 6 nitrogen and oxygen atoms in total. The summed E-state index contributed by atoms with van der Waals surface area (Å²) in [7, 11) is 0. The lowest BCUT2D eigenvalue weighted by Gasteiger charge is -2.30. The Bertz CT molecular complexity index is 844. The van der Waals surface area contributed by atoms with Gasteiger partial charge in [-0.3, -0.25) is 9.79 Å². The molecule has 0 radical (unpaired) electrons. The molecule has 6 heteroatoms. The Kier molecular flexibility index (Phi) is 4.09. The number of rotatable bonds is 3. The molecule has 0 aromatic carbocycles. The van der Waals surface area contributed by atoms with Crippen LogP contribution in [0.4, 0.5) is 0 Å². The largest absolute Gasteiger partial charge is 0.349 e. The predicted octanol–water partition coefficient (Wildman–Crippen LogP) is 3.32. The van der Waals surface area contributed by atoms with Gasteiger partial charge in [-0.05, 0) is 49.2 Å². The number of hydrogen-bond donors (Lipinski definition) is 1. The Morgan fingerprint density at radius 2 is 2.19 bits per heavy atom. The van der Waals surface area contributed by atoms with Crippen molar-refractivity contribution in [3.63, 3.8) is 0 Å². The molecule has 3 aliphatic rings. The van der Waals surface area contributed by atoms with Gasteiger partial charge >= 0.3 is 0 Å². The molecule has 0 spiro atoms. The van der Waals surface area contributed by atoms with E-state index in [1.807, 2.05) is 19.9 Å². The first-order chi connectivity index (χ1) is 12.4. The van der Waals surface area contributed by atoms with Gasteiger partial charge in [-0.1, -0.05) is 32.0 Å². The van der Waals surface area contributed by atoms with Crippen molar-refractivity contribution in [1.82, 2.24) is 15.5 Å². The van der Waals surface area contributed by atoms with Gasteiger partial charge in [0, 0.05) is 11.6 Å². The second-order valence-corrected chi connectivity index (χ2v) is 8.38. The smallest absolute Gasteiger partial charge is 0.276 e. The van der Waals surface area contributed by atoms with E-state index in [-0.39, 0.29) is 17.9 Å². The lowest BCUT2D eigenvalue weighted by Crippen LogP contribution is -2.41. The van der Waals surface area contributed by atoms with E-state index in [1.54, 1.807) is 0 Å². The number of aromatic nitrogens is 2. The van der Waals surface area contributed by atoms with Crippen LogP contribution >= 0.6 is 0 Å². The number of nitrogens with zero attached hydrogens (tertiary/aromatic N) is 3. The minimum absolute atomic E-state index is 0.000228. The molecule has 2 unspecified atom stereocenters. The average Bonchev–Trinajstić information content (AvgIpc) is 3.20. The van der Waals surface area contributed by atoms with Gasteiger partial charge in [0.05, 0.1) is 12.5 Å². The minimum Gasteiger partial charge on any atom is -0.349 e. The highest BCUT2D eigenvalue weighted by Gasteiger charge is 2.35. The van der Waals surface area contributed by atoms with Crippen LogP contribution in [0.2, 0.25) is 0 Å². The molecule has 2 aliphatic heterocycles. The normalized spacial score (nSPS) is 27.8. The monoisotopic (exact) mass is 354 g/mol. The van der Waals surface area contributed by atoms with Crippen molar-refractivity contribution in [2.45, 2.75) is 65.3 Å². The van der Waals surface area contributed by atoms with Crippen LogP contribution in [-0.2, 0) is 4.79 Å². The fourth-order valence-electron chi connectivity index (χ4n) is 4.19. The average molecular weight is 354 g/mol. The summed E-state index contributed by atoms with van der Waals surface area (Å²) in [4.78, 5) is 21.3. The lowest BCUT2D eigenvalue weighted by molar-refractivity contribution is -0.118. The summed E-state index contributed by atoms with van der Waals surface area (Å²) in [6.45, 7) is 9.33. The molecule has 0 saturated carbocycles. The fraction of sp³-hybridized carbons (Fsp3) is 0.600. The molecule has 1 amide bonds. The van der Waals surface area contributed by atoms with E-state index in [0.29, 0.717) is 23.6 Å². The molecule has 3 heterocycles. The summed E-state index contributed by atoms with van der Waals surface area (Å²) < 4.78 is 5.58. The summed E-state index contributed by atoms with van der Waals surface area (Å²) in [5.74, 6) is 1.06. The molecule has 1 aromatic rings. The number of nitrogens with one attached hydrogen (secondary N) is 1. The van der Waals surface area contributed by atoms with Gasteiger partial charge in [0.25, 0.3) is 5.89 Å². The maximum atomic E-state index is 12.0. The molecule has 1 aliphatic carbocycles. The molecular formula is C20H26N4O2. The molecule has 4 rings (SSSR count). The van der Waals surface area contributed by atoms with Gasteiger partial charge in [-0.2, -0.15) is 4.98 Å².